The maximum Gasteiger partial charge on any atom is 0.511 e. The van der Waals surface area contributed by atoms with E-state index < -0.39 is 21.5 Å². The Morgan fingerprint density at radius 2 is 1.56 bits per heavy atom. The van der Waals surface area contributed by atoms with Crippen molar-refractivity contribution in [2.75, 3.05) is 6.54 Å². The highest BCUT2D eigenvalue weighted by molar-refractivity contribution is 7.90. The van der Waals surface area contributed by atoms with E-state index in [0.717, 1.165) is 51.4 Å². The number of hydrogen-bond acceptors (Lipinski definition) is 3. The van der Waals surface area contributed by atoms with Crippen molar-refractivity contribution in [3.8, 4) is 0 Å². The van der Waals surface area contributed by atoms with Gasteiger partial charge in [-0.1, -0.05) is 44.9 Å². The lowest BCUT2D eigenvalue weighted by atomic mass is 9.86. The number of carboxylic acid groups (broad SMARTS) is 1. The van der Waals surface area contributed by atoms with Gasteiger partial charge in [-0.05, 0) is 31.6 Å². The third-order valence-electron chi connectivity index (χ3n) is 4.82. The molecule has 0 spiro atoms. The molecule has 0 heterocycles. The van der Waals surface area contributed by atoms with Crippen LogP contribution in [-0.2, 0) is 14.8 Å². The molecule has 0 radical (unpaired) electrons. The molecule has 0 aromatic heterocycles. The summed E-state index contributed by atoms with van der Waals surface area (Å²) in [6, 6.07) is 0. The summed E-state index contributed by atoms with van der Waals surface area (Å²) in [5.41, 5.74) is -5.26. The highest BCUT2D eigenvalue weighted by atomic mass is 32.2. The molecular formula is C16H28F3NO4S. The molecular weight excluding hydrogens is 359 g/mol. The van der Waals surface area contributed by atoms with Gasteiger partial charge >= 0.3 is 21.5 Å². The van der Waals surface area contributed by atoms with Gasteiger partial charge in [-0.2, -0.15) is 13.2 Å². The van der Waals surface area contributed by atoms with Crippen LogP contribution in [0.3, 0.4) is 0 Å². The van der Waals surface area contributed by atoms with Crippen molar-refractivity contribution in [2.24, 2.45) is 11.8 Å². The van der Waals surface area contributed by atoms with Crippen molar-refractivity contribution in [3.05, 3.63) is 0 Å². The van der Waals surface area contributed by atoms with Gasteiger partial charge in [0.05, 0.1) is 5.92 Å². The van der Waals surface area contributed by atoms with E-state index in [0.29, 0.717) is 25.2 Å². The van der Waals surface area contributed by atoms with Crippen molar-refractivity contribution < 1.29 is 31.5 Å². The van der Waals surface area contributed by atoms with E-state index >= 15 is 0 Å². The predicted octanol–water partition coefficient (Wildman–Crippen LogP) is 4.05. The standard InChI is InChI=1S/C16H28F3NO4S/c17-16(18,19)25(23,24)20-12-8-4-2-1-3-5-11-14(15(21)22)13-9-6-7-10-13/h13-14,20H,1-12H2,(H,21,22). The number of sulfonamides is 1. The summed E-state index contributed by atoms with van der Waals surface area (Å²) < 4.78 is 59.4. The Morgan fingerprint density at radius 3 is 2.08 bits per heavy atom. The van der Waals surface area contributed by atoms with E-state index in [1.807, 2.05) is 0 Å². The molecule has 1 saturated carbocycles. The Morgan fingerprint density at radius 1 is 1.04 bits per heavy atom. The smallest absolute Gasteiger partial charge is 0.481 e. The van der Waals surface area contributed by atoms with Gasteiger partial charge in [-0.25, -0.2) is 13.1 Å². The first-order valence-corrected chi connectivity index (χ1v) is 10.4. The molecule has 0 bridgehead atoms. The number of carboxylic acids is 1. The van der Waals surface area contributed by atoms with Gasteiger partial charge in [-0.3, -0.25) is 4.79 Å². The van der Waals surface area contributed by atoms with Crippen LogP contribution in [0, 0.1) is 11.8 Å². The van der Waals surface area contributed by atoms with Gasteiger partial charge in [0.25, 0.3) is 0 Å². The third-order valence-corrected chi connectivity index (χ3v) is 6.02. The summed E-state index contributed by atoms with van der Waals surface area (Å²) in [6.07, 6.45) is 9.34. The lowest BCUT2D eigenvalue weighted by Gasteiger charge is -2.18. The Bertz CT molecular complexity index is 502. The number of unbranched alkanes of at least 4 members (excludes halogenated alkanes) is 5. The average Bonchev–Trinajstić information content (AvgIpc) is 3.01. The fraction of sp³-hybridized carbons (Fsp3) is 0.938. The van der Waals surface area contributed by atoms with Crippen LogP contribution < -0.4 is 4.72 Å². The molecule has 0 amide bonds. The van der Waals surface area contributed by atoms with Gasteiger partial charge < -0.3 is 5.11 Å². The minimum Gasteiger partial charge on any atom is -0.481 e. The summed E-state index contributed by atoms with van der Waals surface area (Å²) in [6.45, 7) is -0.218. The fourth-order valence-corrected chi connectivity index (χ4v) is 3.98. The molecule has 1 aliphatic carbocycles. The summed E-state index contributed by atoms with van der Waals surface area (Å²) in [7, 11) is -5.23. The van der Waals surface area contributed by atoms with Gasteiger partial charge in [0.15, 0.2) is 0 Å². The first-order valence-electron chi connectivity index (χ1n) is 8.94. The SMILES string of the molecule is O=C(O)C(CCCCCCCCNS(=O)(=O)C(F)(F)F)C1CCCC1. The minimum absolute atomic E-state index is 0.218. The molecule has 1 rings (SSSR count). The monoisotopic (exact) mass is 387 g/mol. The first-order chi connectivity index (χ1) is 11.6. The number of rotatable bonds is 12. The maximum absolute atomic E-state index is 12.1. The van der Waals surface area contributed by atoms with Crippen molar-refractivity contribution >= 4 is 16.0 Å². The molecule has 0 aromatic rings. The van der Waals surface area contributed by atoms with Gasteiger partial charge in [0.2, 0.25) is 0 Å². The molecule has 1 unspecified atom stereocenters. The summed E-state index contributed by atoms with van der Waals surface area (Å²) >= 11 is 0. The van der Waals surface area contributed by atoms with Crippen LogP contribution in [0.5, 0.6) is 0 Å². The Kier molecular flexibility index (Phi) is 9.20. The lowest BCUT2D eigenvalue weighted by Crippen LogP contribution is -2.36. The molecule has 1 fully saturated rings. The van der Waals surface area contributed by atoms with E-state index in [9.17, 15) is 31.5 Å². The van der Waals surface area contributed by atoms with Crippen LogP contribution in [0.2, 0.25) is 0 Å². The van der Waals surface area contributed by atoms with E-state index in [-0.39, 0.29) is 12.5 Å². The second kappa shape index (κ2) is 10.4. The van der Waals surface area contributed by atoms with Crippen molar-refractivity contribution in [1.82, 2.24) is 4.72 Å². The zero-order chi connectivity index (χ0) is 18.9. The van der Waals surface area contributed by atoms with Gasteiger partial charge in [0, 0.05) is 6.54 Å². The quantitative estimate of drug-likeness (QED) is 0.495. The van der Waals surface area contributed by atoms with E-state index in [2.05, 4.69) is 0 Å². The third kappa shape index (κ3) is 7.94. The molecule has 0 saturated heterocycles. The number of hydrogen-bond donors (Lipinski definition) is 2. The topological polar surface area (TPSA) is 83.5 Å². The Hall–Kier alpha value is -0.830. The van der Waals surface area contributed by atoms with Crippen LogP contribution >= 0.6 is 0 Å². The molecule has 0 aliphatic heterocycles. The lowest BCUT2D eigenvalue weighted by molar-refractivity contribution is -0.144. The molecule has 0 aromatic carbocycles. The highest BCUT2D eigenvalue weighted by Gasteiger charge is 2.45. The zero-order valence-electron chi connectivity index (χ0n) is 14.4. The number of halogens is 3. The number of carbonyl (C=O) groups is 1. The molecule has 5 nitrogen and oxygen atoms in total. The van der Waals surface area contributed by atoms with Crippen LogP contribution in [-0.4, -0.2) is 31.5 Å². The van der Waals surface area contributed by atoms with Crippen LogP contribution in [0.25, 0.3) is 0 Å². The second-order valence-electron chi connectivity index (χ2n) is 6.74. The normalized spacial score (nSPS) is 17.7. The number of alkyl halides is 3. The van der Waals surface area contributed by atoms with Gasteiger partial charge in [-0.15, -0.1) is 0 Å². The fourth-order valence-electron chi connectivity index (χ4n) is 3.41. The molecule has 148 valence electrons. The van der Waals surface area contributed by atoms with E-state index in [1.165, 1.54) is 0 Å². The van der Waals surface area contributed by atoms with Gasteiger partial charge in [0.1, 0.15) is 0 Å². The van der Waals surface area contributed by atoms with E-state index in [4.69, 9.17) is 0 Å². The van der Waals surface area contributed by atoms with Crippen LogP contribution in [0.15, 0.2) is 0 Å². The van der Waals surface area contributed by atoms with Crippen LogP contribution in [0.1, 0.15) is 70.6 Å². The summed E-state index contributed by atoms with van der Waals surface area (Å²) in [4.78, 5) is 11.3. The molecule has 9 heteroatoms. The number of aliphatic carboxylic acids is 1. The predicted molar refractivity (Wildman–Crippen MR) is 88.4 cm³/mol. The molecule has 1 atom stereocenters. The molecule has 25 heavy (non-hydrogen) atoms. The first kappa shape index (κ1) is 22.2. The second-order valence-corrected chi connectivity index (χ2v) is 8.50. The van der Waals surface area contributed by atoms with Crippen molar-refractivity contribution in [1.29, 1.82) is 0 Å². The molecule has 2 N–H and O–H groups in total. The minimum atomic E-state index is -5.26. The number of nitrogens with one attached hydrogen (secondary N) is 1. The van der Waals surface area contributed by atoms with Crippen LogP contribution in [0.4, 0.5) is 13.2 Å². The van der Waals surface area contributed by atoms with E-state index in [1.54, 1.807) is 4.72 Å². The summed E-state index contributed by atoms with van der Waals surface area (Å²) in [5, 5.41) is 9.32. The average molecular weight is 387 g/mol. The summed E-state index contributed by atoms with van der Waals surface area (Å²) in [5.74, 6) is -0.651. The molecule has 1 aliphatic rings. The largest absolute Gasteiger partial charge is 0.511 e. The maximum atomic E-state index is 12.1. The Labute approximate surface area is 147 Å². The van der Waals surface area contributed by atoms with Crippen molar-refractivity contribution in [2.45, 2.75) is 76.1 Å². The highest BCUT2D eigenvalue weighted by Crippen LogP contribution is 2.34. The van der Waals surface area contributed by atoms with Crippen molar-refractivity contribution in [3.63, 3.8) is 0 Å². The zero-order valence-corrected chi connectivity index (χ0v) is 15.2. The Balaban J connectivity index is 2.06.